The average molecular weight is 477 g/mol. The predicted octanol–water partition coefficient (Wildman–Crippen LogP) is 4.15. The van der Waals surface area contributed by atoms with E-state index in [9.17, 15) is 0 Å². The lowest BCUT2D eigenvalue weighted by atomic mass is 10.0. The Hall–Kier alpha value is -3.01. The number of fused-ring (bicyclic) bond motifs is 2. The van der Waals surface area contributed by atoms with E-state index < -0.39 is 0 Å². The van der Waals surface area contributed by atoms with E-state index in [2.05, 4.69) is 62.2 Å². The third-order valence-electron chi connectivity index (χ3n) is 6.79. The maximum atomic E-state index is 6.58. The Labute approximate surface area is 202 Å². The number of nitrogens with one attached hydrogen (secondary N) is 1. The van der Waals surface area contributed by atoms with Crippen LogP contribution < -0.4 is 15.0 Å². The monoisotopic (exact) mass is 476 g/mol. The molecule has 0 amide bonds. The van der Waals surface area contributed by atoms with E-state index in [1.54, 1.807) is 17.7 Å². The Balaban J connectivity index is 1.40. The van der Waals surface area contributed by atoms with Crippen LogP contribution in [0, 0.1) is 5.92 Å². The number of likely N-dealkylation sites (N-methyl/N-ethyl adjacent to an activating group) is 1. The molecule has 9 heteroatoms. The highest BCUT2D eigenvalue weighted by atomic mass is 32.1. The van der Waals surface area contributed by atoms with E-state index in [0.29, 0.717) is 5.92 Å². The Morgan fingerprint density at radius 2 is 1.91 bits per heavy atom. The third kappa shape index (κ3) is 4.15. The zero-order valence-electron chi connectivity index (χ0n) is 19.4. The van der Waals surface area contributed by atoms with Crippen molar-refractivity contribution in [2.24, 2.45) is 5.92 Å². The van der Waals surface area contributed by atoms with Crippen LogP contribution >= 0.6 is 11.3 Å². The quantitative estimate of drug-likeness (QED) is 0.445. The Morgan fingerprint density at radius 1 is 1.06 bits per heavy atom. The van der Waals surface area contributed by atoms with Crippen LogP contribution in [0.3, 0.4) is 0 Å². The zero-order valence-corrected chi connectivity index (χ0v) is 20.2. The van der Waals surface area contributed by atoms with Gasteiger partial charge in [-0.15, -0.1) is 11.3 Å². The summed E-state index contributed by atoms with van der Waals surface area (Å²) in [4.78, 5) is 18.4. The summed E-state index contributed by atoms with van der Waals surface area (Å²) in [5, 5.41) is 4.41. The molecule has 1 N–H and O–H groups in total. The molecule has 0 radical (unpaired) electrons. The summed E-state index contributed by atoms with van der Waals surface area (Å²) in [5.74, 6) is 1.95. The number of rotatable bonds is 6. The molecule has 2 aromatic heterocycles. The van der Waals surface area contributed by atoms with Gasteiger partial charge in [0.15, 0.2) is 0 Å². The summed E-state index contributed by atoms with van der Waals surface area (Å²) in [7, 11) is 2.17. The van der Waals surface area contributed by atoms with Gasteiger partial charge in [0.25, 0.3) is 0 Å². The molecule has 2 aliphatic heterocycles. The van der Waals surface area contributed by atoms with E-state index in [-0.39, 0.29) is 6.10 Å². The second-order valence-corrected chi connectivity index (χ2v) is 10.0. The van der Waals surface area contributed by atoms with E-state index in [1.807, 2.05) is 17.6 Å². The summed E-state index contributed by atoms with van der Waals surface area (Å²) < 4.78 is 13.1. The zero-order chi connectivity index (χ0) is 23.1. The van der Waals surface area contributed by atoms with Crippen LogP contribution in [-0.2, 0) is 4.74 Å². The number of nitrogens with zero attached hydrogens (tertiary/aromatic N) is 5. The molecule has 8 nitrogen and oxygen atoms in total. The highest BCUT2D eigenvalue weighted by Crippen LogP contribution is 2.38. The molecule has 2 aromatic carbocycles. The van der Waals surface area contributed by atoms with E-state index in [0.717, 1.165) is 83.5 Å². The number of benzene rings is 2. The molecule has 0 unspecified atom stereocenters. The molecule has 4 heterocycles. The van der Waals surface area contributed by atoms with Gasteiger partial charge in [-0.25, -0.2) is 15.0 Å². The summed E-state index contributed by atoms with van der Waals surface area (Å²) in [6, 6.07) is 10.5. The maximum absolute atomic E-state index is 6.58. The molecular formula is C25H28N6O2S. The van der Waals surface area contributed by atoms with Crippen LogP contribution in [0.15, 0.2) is 42.2 Å². The van der Waals surface area contributed by atoms with Crippen molar-refractivity contribution in [1.29, 1.82) is 0 Å². The van der Waals surface area contributed by atoms with E-state index >= 15 is 0 Å². The van der Waals surface area contributed by atoms with Crippen molar-refractivity contribution < 1.29 is 9.47 Å². The van der Waals surface area contributed by atoms with Crippen LogP contribution in [0.4, 0.5) is 17.2 Å². The number of anilines is 3. The molecule has 2 saturated heterocycles. The lowest BCUT2D eigenvalue weighted by Crippen LogP contribution is -2.44. The first-order valence-corrected chi connectivity index (χ1v) is 12.6. The number of aromatic nitrogens is 3. The van der Waals surface area contributed by atoms with Crippen LogP contribution in [0.2, 0.25) is 0 Å². The van der Waals surface area contributed by atoms with Gasteiger partial charge >= 0.3 is 0 Å². The van der Waals surface area contributed by atoms with Gasteiger partial charge in [-0.1, -0.05) is 0 Å². The summed E-state index contributed by atoms with van der Waals surface area (Å²) in [6.07, 6.45) is 1.66. The minimum Gasteiger partial charge on any atom is -0.489 e. The highest BCUT2D eigenvalue weighted by molar-refractivity contribution is 7.16. The number of hydrogen-bond donors (Lipinski definition) is 1. The van der Waals surface area contributed by atoms with Gasteiger partial charge < -0.3 is 24.6 Å². The molecular weight excluding hydrogens is 448 g/mol. The minimum absolute atomic E-state index is 0.0429. The van der Waals surface area contributed by atoms with Crippen LogP contribution in [-0.4, -0.2) is 72.4 Å². The molecule has 34 heavy (non-hydrogen) atoms. The Morgan fingerprint density at radius 3 is 2.71 bits per heavy atom. The van der Waals surface area contributed by atoms with Crippen molar-refractivity contribution in [2.75, 3.05) is 56.7 Å². The molecule has 1 atom stereocenters. The van der Waals surface area contributed by atoms with Gasteiger partial charge in [-0.3, -0.25) is 0 Å². The highest BCUT2D eigenvalue weighted by Gasteiger charge is 2.28. The van der Waals surface area contributed by atoms with Crippen LogP contribution in [0.5, 0.6) is 5.75 Å². The van der Waals surface area contributed by atoms with E-state index in [4.69, 9.17) is 9.47 Å². The van der Waals surface area contributed by atoms with Gasteiger partial charge in [-0.2, -0.15) is 0 Å². The maximum Gasteiger partial charge on any atom is 0.145 e. The lowest BCUT2D eigenvalue weighted by molar-refractivity contribution is -0.0773. The topological polar surface area (TPSA) is 75.6 Å². The number of ether oxygens (including phenoxy) is 2. The van der Waals surface area contributed by atoms with Crippen molar-refractivity contribution in [3.8, 4) is 5.75 Å². The first-order valence-electron chi connectivity index (χ1n) is 11.7. The molecule has 2 aliphatic rings. The van der Waals surface area contributed by atoms with Crippen molar-refractivity contribution in [3.05, 3.63) is 42.2 Å². The van der Waals surface area contributed by atoms with Crippen molar-refractivity contribution in [1.82, 2.24) is 19.9 Å². The number of piperazine rings is 1. The van der Waals surface area contributed by atoms with Crippen molar-refractivity contribution in [2.45, 2.75) is 13.0 Å². The van der Waals surface area contributed by atoms with Crippen LogP contribution in [0.25, 0.3) is 21.1 Å². The molecule has 4 aromatic rings. The summed E-state index contributed by atoms with van der Waals surface area (Å²) in [6.45, 7) is 7.66. The summed E-state index contributed by atoms with van der Waals surface area (Å²) >= 11 is 1.63. The molecule has 0 saturated carbocycles. The molecule has 2 fully saturated rings. The number of thiazole rings is 1. The van der Waals surface area contributed by atoms with Gasteiger partial charge in [0.1, 0.15) is 24.0 Å². The average Bonchev–Trinajstić information content (AvgIpc) is 3.26. The van der Waals surface area contributed by atoms with Gasteiger partial charge in [0.2, 0.25) is 0 Å². The molecule has 176 valence electrons. The Bertz CT molecular complexity index is 1320. The second kappa shape index (κ2) is 8.98. The fraction of sp³-hybridized carbons (Fsp3) is 0.400. The fourth-order valence-electron chi connectivity index (χ4n) is 4.47. The smallest absolute Gasteiger partial charge is 0.145 e. The van der Waals surface area contributed by atoms with Crippen LogP contribution in [0.1, 0.15) is 6.92 Å². The minimum atomic E-state index is 0.0429. The standard InChI is InChI=1S/C25H28N6O2S/c1-16(17-12-32-13-17)33-22-11-19(31-7-5-30(2)6-8-31)10-21-24(22)25(27-14-26-21)29-18-3-4-20-23(9-18)34-15-28-20/h3-4,9-11,14-17H,5-8,12-13H2,1-2H3,(H,26,27,29)/t16-/m0/s1. The number of hydrogen-bond acceptors (Lipinski definition) is 9. The molecule has 0 spiro atoms. The molecule has 0 bridgehead atoms. The molecule has 6 rings (SSSR count). The van der Waals surface area contributed by atoms with Gasteiger partial charge in [0, 0.05) is 49.5 Å². The normalized spacial score (nSPS) is 18.2. The second-order valence-electron chi connectivity index (χ2n) is 9.13. The lowest BCUT2D eigenvalue weighted by Gasteiger charge is -2.35. The van der Waals surface area contributed by atoms with Gasteiger partial charge in [-0.05, 0) is 38.2 Å². The van der Waals surface area contributed by atoms with E-state index in [1.165, 1.54) is 0 Å². The fourth-order valence-corrected chi connectivity index (χ4v) is 5.18. The van der Waals surface area contributed by atoms with Crippen molar-refractivity contribution in [3.63, 3.8) is 0 Å². The summed E-state index contributed by atoms with van der Waals surface area (Å²) in [5.41, 5.74) is 5.85. The first kappa shape index (κ1) is 21.5. The van der Waals surface area contributed by atoms with Gasteiger partial charge in [0.05, 0.1) is 39.8 Å². The third-order valence-corrected chi connectivity index (χ3v) is 7.58. The predicted molar refractivity (Wildman–Crippen MR) is 137 cm³/mol. The first-order chi connectivity index (χ1) is 16.6. The SMILES string of the molecule is C[C@H](Oc1cc(N2CCN(C)CC2)cc2ncnc(Nc3ccc4ncsc4c3)c12)C1COC1. The largest absolute Gasteiger partial charge is 0.489 e. The molecule has 0 aliphatic carbocycles. The Kier molecular flexibility index (Phi) is 5.68. The van der Waals surface area contributed by atoms with Crippen molar-refractivity contribution >= 4 is 49.6 Å².